The van der Waals surface area contributed by atoms with Crippen molar-refractivity contribution in [2.24, 2.45) is 0 Å². The number of nitrogens with zero attached hydrogens (tertiary/aromatic N) is 2. The second-order valence-corrected chi connectivity index (χ2v) is 9.57. The van der Waals surface area contributed by atoms with Crippen LogP contribution in [0.15, 0.2) is 42.5 Å². The van der Waals surface area contributed by atoms with E-state index in [1.54, 1.807) is 24.3 Å². The second kappa shape index (κ2) is 12.0. The maximum atomic E-state index is 14.9. The smallest absolute Gasteiger partial charge is 0.330 e. The Balaban J connectivity index is 0.00000400. The zero-order valence-corrected chi connectivity index (χ0v) is 22.0. The van der Waals surface area contributed by atoms with Gasteiger partial charge in [-0.3, -0.25) is 24.5 Å². The number of Topliss-reactive ketones (excluding diaryl/α,β-unsaturated/α-hetero) is 1. The lowest BCUT2D eigenvalue weighted by atomic mass is 9.97. The zero-order valence-electron chi connectivity index (χ0n) is 21.2. The standard InChI is InChI=1S/C27H29F2N3O5.ClH/c1-31(2)12-13-37-20-5-3-4-19(15-20)27(28,29)23(33)10-7-17-6-8-21-18(14-17)16-32(26(21)36)22-9-11-24(34)30-25(22)35;/h3-6,8,14-15,22H,7,9-13,16H2,1-2H3,(H,30,34,35);1H. The number of ketones is 1. The van der Waals surface area contributed by atoms with Crippen molar-refractivity contribution in [2.45, 2.75) is 44.2 Å². The predicted octanol–water partition coefficient (Wildman–Crippen LogP) is 3.10. The number of nitrogens with one attached hydrogen (secondary N) is 1. The summed E-state index contributed by atoms with van der Waals surface area (Å²) in [6.07, 6.45) is 0.0988. The van der Waals surface area contributed by atoms with Gasteiger partial charge in [0.1, 0.15) is 18.4 Å². The fraction of sp³-hybridized carbons (Fsp3) is 0.407. The molecule has 2 aliphatic heterocycles. The van der Waals surface area contributed by atoms with Crippen molar-refractivity contribution in [3.63, 3.8) is 0 Å². The number of likely N-dealkylation sites (N-methyl/N-ethyl adjacent to an activating group) is 1. The van der Waals surface area contributed by atoms with Crippen molar-refractivity contribution in [2.75, 3.05) is 27.2 Å². The number of imide groups is 1. The summed E-state index contributed by atoms with van der Waals surface area (Å²) in [4.78, 5) is 52.3. The summed E-state index contributed by atoms with van der Waals surface area (Å²) in [6.45, 7) is 1.13. The number of alkyl halides is 2. The predicted molar refractivity (Wildman–Crippen MR) is 137 cm³/mol. The number of piperidine rings is 1. The van der Waals surface area contributed by atoms with Gasteiger partial charge in [0.05, 0.1) is 0 Å². The Morgan fingerprint density at radius 2 is 1.92 bits per heavy atom. The molecule has 0 radical (unpaired) electrons. The number of rotatable bonds is 10. The zero-order chi connectivity index (χ0) is 26.7. The highest BCUT2D eigenvalue weighted by atomic mass is 35.5. The Morgan fingerprint density at radius 3 is 2.63 bits per heavy atom. The highest BCUT2D eigenvalue weighted by Gasteiger charge is 2.41. The molecule has 1 saturated heterocycles. The molecule has 2 aliphatic rings. The van der Waals surface area contributed by atoms with E-state index in [1.807, 2.05) is 19.0 Å². The molecule has 38 heavy (non-hydrogen) atoms. The first kappa shape index (κ1) is 29.2. The molecule has 204 valence electrons. The van der Waals surface area contributed by atoms with E-state index < -0.39 is 29.2 Å². The second-order valence-electron chi connectivity index (χ2n) is 9.57. The SMILES string of the molecule is CN(C)CCOc1cccc(C(F)(F)C(=O)CCc2ccc3c(c2)CN(C2CCC(=O)NC2=O)C3=O)c1.Cl. The van der Waals surface area contributed by atoms with Crippen molar-refractivity contribution in [3.05, 3.63) is 64.7 Å². The highest BCUT2D eigenvalue weighted by Crippen LogP contribution is 2.33. The van der Waals surface area contributed by atoms with Crippen molar-refractivity contribution in [1.82, 2.24) is 15.1 Å². The van der Waals surface area contributed by atoms with E-state index in [1.165, 1.54) is 23.1 Å². The van der Waals surface area contributed by atoms with E-state index in [0.29, 0.717) is 29.8 Å². The van der Waals surface area contributed by atoms with Gasteiger partial charge in [-0.25, -0.2) is 0 Å². The molecule has 1 unspecified atom stereocenters. The number of benzene rings is 2. The third-order valence-electron chi connectivity index (χ3n) is 6.58. The van der Waals surface area contributed by atoms with Crippen LogP contribution in [-0.4, -0.2) is 66.6 Å². The summed E-state index contributed by atoms with van der Waals surface area (Å²) in [6, 6.07) is 9.62. The molecule has 0 aliphatic carbocycles. The number of aryl methyl sites for hydroxylation is 1. The van der Waals surface area contributed by atoms with E-state index in [4.69, 9.17) is 4.74 Å². The fourth-order valence-corrected chi connectivity index (χ4v) is 4.49. The molecule has 11 heteroatoms. The van der Waals surface area contributed by atoms with Gasteiger partial charge in [-0.05, 0) is 56.3 Å². The minimum absolute atomic E-state index is 0. The number of hydrogen-bond acceptors (Lipinski definition) is 6. The van der Waals surface area contributed by atoms with Gasteiger partial charge in [0.15, 0.2) is 0 Å². The lowest BCUT2D eigenvalue weighted by Crippen LogP contribution is -2.52. The van der Waals surface area contributed by atoms with Gasteiger partial charge in [-0.2, -0.15) is 8.78 Å². The van der Waals surface area contributed by atoms with Crippen LogP contribution in [-0.2, 0) is 33.3 Å². The maximum Gasteiger partial charge on any atom is 0.330 e. The number of halogens is 3. The third-order valence-corrected chi connectivity index (χ3v) is 6.58. The first-order chi connectivity index (χ1) is 17.6. The lowest BCUT2D eigenvalue weighted by Gasteiger charge is -2.29. The van der Waals surface area contributed by atoms with E-state index in [-0.39, 0.29) is 62.2 Å². The first-order valence-corrected chi connectivity index (χ1v) is 12.1. The molecule has 2 heterocycles. The minimum atomic E-state index is -3.67. The van der Waals surface area contributed by atoms with Crippen LogP contribution in [0.3, 0.4) is 0 Å². The fourth-order valence-electron chi connectivity index (χ4n) is 4.49. The molecule has 0 bridgehead atoms. The van der Waals surface area contributed by atoms with Crippen molar-refractivity contribution < 1.29 is 32.7 Å². The van der Waals surface area contributed by atoms with Crippen LogP contribution < -0.4 is 10.1 Å². The van der Waals surface area contributed by atoms with Gasteiger partial charge in [0.25, 0.3) is 5.91 Å². The Labute approximate surface area is 225 Å². The summed E-state index contributed by atoms with van der Waals surface area (Å²) in [5.74, 6) is -5.78. The quantitative estimate of drug-likeness (QED) is 0.458. The topological polar surface area (TPSA) is 96.0 Å². The maximum absolute atomic E-state index is 14.9. The number of amides is 3. The van der Waals surface area contributed by atoms with Gasteiger partial charge in [-0.1, -0.05) is 24.3 Å². The number of fused-ring (bicyclic) bond motifs is 1. The molecule has 0 spiro atoms. The third kappa shape index (κ3) is 6.36. The molecule has 0 aromatic heterocycles. The van der Waals surface area contributed by atoms with Crippen molar-refractivity contribution in [1.29, 1.82) is 0 Å². The number of ether oxygens (including phenoxy) is 1. The van der Waals surface area contributed by atoms with Crippen LogP contribution in [0, 0.1) is 0 Å². The Morgan fingerprint density at radius 1 is 1.16 bits per heavy atom. The molecule has 2 aromatic carbocycles. The highest BCUT2D eigenvalue weighted by molar-refractivity contribution is 6.05. The summed E-state index contributed by atoms with van der Waals surface area (Å²) in [5, 5.41) is 2.25. The molecular formula is C27H30ClF2N3O5. The average molecular weight is 550 g/mol. The average Bonchev–Trinajstić information content (AvgIpc) is 3.17. The van der Waals surface area contributed by atoms with Crippen LogP contribution in [0.25, 0.3) is 0 Å². The monoisotopic (exact) mass is 549 g/mol. The molecule has 3 amide bonds. The number of carbonyl (C=O) groups excluding carboxylic acids is 4. The molecule has 0 saturated carbocycles. The van der Waals surface area contributed by atoms with Gasteiger partial charge in [0, 0.05) is 37.1 Å². The number of hydrogen-bond donors (Lipinski definition) is 1. The molecule has 1 N–H and O–H groups in total. The van der Waals surface area contributed by atoms with Crippen LogP contribution >= 0.6 is 12.4 Å². The molecule has 4 rings (SSSR count). The Kier molecular flexibility index (Phi) is 9.22. The molecule has 1 fully saturated rings. The van der Waals surface area contributed by atoms with Gasteiger partial charge in [0.2, 0.25) is 17.6 Å². The molecule has 2 aromatic rings. The van der Waals surface area contributed by atoms with Crippen molar-refractivity contribution in [3.8, 4) is 5.75 Å². The van der Waals surface area contributed by atoms with E-state index in [9.17, 15) is 28.0 Å². The van der Waals surface area contributed by atoms with Crippen molar-refractivity contribution >= 4 is 35.9 Å². The Bertz CT molecular complexity index is 1240. The summed E-state index contributed by atoms with van der Waals surface area (Å²) in [7, 11) is 3.75. The van der Waals surface area contributed by atoms with Gasteiger partial charge in [-0.15, -0.1) is 12.4 Å². The lowest BCUT2D eigenvalue weighted by molar-refractivity contribution is -0.144. The van der Waals surface area contributed by atoms with Crippen LogP contribution in [0.5, 0.6) is 5.75 Å². The minimum Gasteiger partial charge on any atom is -0.492 e. The van der Waals surface area contributed by atoms with E-state index in [2.05, 4.69) is 5.32 Å². The molecular weight excluding hydrogens is 520 g/mol. The van der Waals surface area contributed by atoms with Crippen LogP contribution in [0.4, 0.5) is 8.78 Å². The summed E-state index contributed by atoms with van der Waals surface area (Å²) >= 11 is 0. The molecule has 8 nitrogen and oxygen atoms in total. The summed E-state index contributed by atoms with van der Waals surface area (Å²) < 4.78 is 35.4. The largest absolute Gasteiger partial charge is 0.492 e. The van der Waals surface area contributed by atoms with Crippen LogP contribution in [0.1, 0.15) is 46.3 Å². The first-order valence-electron chi connectivity index (χ1n) is 12.1. The van der Waals surface area contributed by atoms with E-state index >= 15 is 0 Å². The van der Waals surface area contributed by atoms with Gasteiger partial charge < -0.3 is 14.5 Å². The molecule has 1 atom stereocenters. The summed E-state index contributed by atoms with van der Waals surface area (Å²) in [5.41, 5.74) is 1.31. The van der Waals surface area contributed by atoms with Gasteiger partial charge >= 0.3 is 5.92 Å². The van der Waals surface area contributed by atoms with E-state index in [0.717, 1.165) is 0 Å². The Hall–Kier alpha value is -3.37. The number of carbonyl (C=O) groups is 4. The van der Waals surface area contributed by atoms with Crippen LogP contribution in [0.2, 0.25) is 0 Å². The normalized spacial score (nSPS) is 17.2.